The number of hydrogen-bond donors (Lipinski definition) is 2. The third kappa shape index (κ3) is 3.05. The molecule has 5 heteroatoms. The van der Waals surface area contributed by atoms with Gasteiger partial charge in [-0.25, -0.2) is 0 Å². The molecule has 0 bridgehead atoms. The van der Waals surface area contributed by atoms with Gasteiger partial charge in [-0.1, -0.05) is 12.1 Å². The van der Waals surface area contributed by atoms with Crippen LogP contribution in [0.3, 0.4) is 0 Å². The molecule has 5 nitrogen and oxygen atoms in total. The first-order chi connectivity index (χ1) is 9.69. The summed E-state index contributed by atoms with van der Waals surface area (Å²) < 4.78 is 0. The van der Waals surface area contributed by atoms with Crippen LogP contribution in [0.4, 0.5) is 0 Å². The zero-order valence-electron chi connectivity index (χ0n) is 11.3. The molecule has 0 fully saturated rings. The molecule has 0 aliphatic carbocycles. The molecule has 0 spiro atoms. The van der Waals surface area contributed by atoms with Gasteiger partial charge in [0, 0.05) is 19.5 Å². The molecule has 20 heavy (non-hydrogen) atoms. The van der Waals surface area contributed by atoms with Gasteiger partial charge in [0.1, 0.15) is 6.29 Å². The number of fused-ring (bicyclic) bond motifs is 1. The molecule has 108 valence electrons. The average Bonchev–Trinajstić information content (AvgIpc) is 2.61. The zero-order chi connectivity index (χ0) is 14.5. The lowest BCUT2D eigenvalue weighted by atomic mass is 9.96. The Labute approximate surface area is 117 Å². The van der Waals surface area contributed by atoms with Gasteiger partial charge in [-0.15, -0.1) is 0 Å². The Bertz CT molecular complexity index is 513. The van der Waals surface area contributed by atoms with Crippen LogP contribution < -0.4 is 0 Å². The van der Waals surface area contributed by atoms with Gasteiger partial charge in [-0.2, -0.15) is 0 Å². The molecule has 0 unspecified atom stereocenters. The molecule has 1 aromatic rings. The Morgan fingerprint density at radius 1 is 1.15 bits per heavy atom. The van der Waals surface area contributed by atoms with E-state index in [4.69, 9.17) is 0 Å². The lowest BCUT2D eigenvalue weighted by Gasteiger charge is -2.18. The number of aliphatic hydroxyl groups is 2. The van der Waals surface area contributed by atoms with Gasteiger partial charge in [-0.05, 0) is 28.7 Å². The van der Waals surface area contributed by atoms with Crippen LogP contribution in [0, 0.1) is 0 Å². The van der Waals surface area contributed by atoms with Crippen LogP contribution >= 0.6 is 0 Å². The fourth-order valence-electron chi connectivity index (χ4n) is 2.58. The van der Waals surface area contributed by atoms with Gasteiger partial charge in [0.25, 0.3) is 0 Å². The molecule has 1 heterocycles. The van der Waals surface area contributed by atoms with Crippen molar-refractivity contribution in [3.8, 4) is 0 Å². The molecule has 2 rings (SSSR count). The molecule has 2 N–H and O–H groups in total. The van der Waals surface area contributed by atoms with Gasteiger partial charge in [0.05, 0.1) is 19.6 Å². The molecule has 1 aliphatic rings. The number of aliphatic hydroxyl groups excluding tert-OH is 2. The number of aldehydes is 1. The second kappa shape index (κ2) is 6.63. The molecule has 0 saturated carbocycles. The van der Waals surface area contributed by atoms with Crippen LogP contribution in [0.25, 0.3) is 0 Å². The number of carbonyl (C=O) groups excluding carboxylic acids is 2. The fraction of sp³-hybridized carbons (Fsp3) is 0.467. The number of hydrogen-bond acceptors (Lipinski definition) is 4. The first-order valence-electron chi connectivity index (χ1n) is 6.76. The Hall–Kier alpha value is -1.72. The van der Waals surface area contributed by atoms with Crippen molar-refractivity contribution in [2.45, 2.75) is 32.5 Å². The minimum atomic E-state index is -0.147. The smallest absolute Gasteiger partial charge is 0.227 e. The summed E-state index contributed by atoms with van der Waals surface area (Å²) in [4.78, 5) is 24.3. The quantitative estimate of drug-likeness (QED) is 0.753. The normalized spacial score (nSPS) is 14.9. The maximum atomic E-state index is 12.1. The van der Waals surface area contributed by atoms with E-state index >= 15 is 0 Å². The van der Waals surface area contributed by atoms with Gasteiger partial charge in [0.2, 0.25) is 5.91 Å². The van der Waals surface area contributed by atoms with Crippen molar-refractivity contribution in [3.63, 3.8) is 0 Å². The summed E-state index contributed by atoms with van der Waals surface area (Å²) in [6, 6.07) is 3.68. The van der Waals surface area contributed by atoms with E-state index < -0.39 is 0 Å². The van der Waals surface area contributed by atoms with Crippen LogP contribution in [0.1, 0.15) is 28.7 Å². The van der Waals surface area contributed by atoms with Crippen molar-refractivity contribution in [2.75, 3.05) is 13.1 Å². The van der Waals surface area contributed by atoms with E-state index in [0.717, 1.165) is 17.4 Å². The fourth-order valence-corrected chi connectivity index (χ4v) is 2.58. The van der Waals surface area contributed by atoms with Crippen molar-refractivity contribution in [1.29, 1.82) is 0 Å². The van der Waals surface area contributed by atoms with Crippen LogP contribution in [-0.2, 0) is 35.6 Å². The number of nitrogens with zero attached hydrogens (tertiary/aromatic N) is 1. The van der Waals surface area contributed by atoms with E-state index in [1.165, 1.54) is 0 Å². The summed E-state index contributed by atoms with van der Waals surface area (Å²) >= 11 is 0. The van der Waals surface area contributed by atoms with Crippen molar-refractivity contribution >= 4 is 12.2 Å². The first kappa shape index (κ1) is 14.7. The Morgan fingerprint density at radius 2 is 1.80 bits per heavy atom. The Kier molecular flexibility index (Phi) is 4.87. The zero-order valence-corrected chi connectivity index (χ0v) is 11.3. The molecule has 0 saturated heterocycles. The summed E-state index contributed by atoms with van der Waals surface area (Å²) in [7, 11) is 0. The second-order valence-corrected chi connectivity index (χ2v) is 4.97. The van der Waals surface area contributed by atoms with E-state index in [2.05, 4.69) is 0 Å². The summed E-state index contributed by atoms with van der Waals surface area (Å²) in [5.74, 6) is 0.00578. The number of benzene rings is 1. The summed E-state index contributed by atoms with van der Waals surface area (Å²) in [5.41, 5.74) is 3.32. The second-order valence-electron chi connectivity index (χ2n) is 4.97. The van der Waals surface area contributed by atoms with E-state index in [9.17, 15) is 19.8 Å². The van der Waals surface area contributed by atoms with Crippen molar-refractivity contribution < 1.29 is 19.8 Å². The lowest BCUT2D eigenvalue weighted by molar-refractivity contribution is -0.130. The predicted molar refractivity (Wildman–Crippen MR) is 73.0 cm³/mol. The van der Waals surface area contributed by atoms with Gasteiger partial charge >= 0.3 is 0 Å². The van der Waals surface area contributed by atoms with E-state index in [-0.39, 0.29) is 25.5 Å². The average molecular weight is 277 g/mol. The summed E-state index contributed by atoms with van der Waals surface area (Å²) in [6.45, 7) is 0.775. The highest BCUT2D eigenvalue weighted by atomic mass is 16.3. The summed E-state index contributed by atoms with van der Waals surface area (Å²) in [6.07, 6.45) is 2.16. The maximum Gasteiger partial charge on any atom is 0.227 e. The highest BCUT2D eigenvalue weighted by Crippen LogP contribution is 2.22. The lowest BCUT2D eigenvalue weighted by Crippen LogP contribution is -2.33. The Balaban J connectivity index is 2.26. The van der Waals surface area contributed by atoms with Gasteiger partial charge < -0.3 is 19.9 Å². The third-order valence-electron chi connectivity index (χ3n) is 3.72. The number of carbonyl (C=O) groups is 2. The highest BCUT2D eigenvalue weighted by molar-refractivity contribution is 5.80. The number of rotatable bonds is 5. The third-order valence-corrected chi connectivity index (χ3v) is 3.72. The molecular formula is C15H19NO4. The van der Waals surface area contributed by atoms with Crippen molar-refractivity contribution in [1.82, 2.24) is 4.90 Å². The maximum absolute atomic E-state index is 12.1. The molecule has 1 aromatic carbocycles. The van der Waals surface area contributed by atoms with Crippen LogP contribution in [0.2, 0.25) is 0 Å². The monoisotopic (exact) mass is 277 g/mol. The van der Waals surface area contributed by atoms with Gasteiger partial charge in [-0.3, -0.25) is 4.79 Å². The molecule has 0 radical (unpaired) electrons. The van der Waals surface area contributed by atoms with Gasteiger partial charge in [0.15, 0.2) is 0 Å². The van der Waals surface area contributed by atoms with E-state index in [1.54, 1.807) is 4.90 Å². The first-order valence-corrected chi connectivity index (χ1v) is 6.76. The standard InChI is InChI=1S/C15H19NO4/c17-5-1-3-16-4-2-11-6-13(9-18)14(10-19)7-12(11)8-15(16)20/h5-7,18-19H,1-4,8-10H2. The molecule has 1 amide bonds. The van der Waals surface area contributed by atoms with E-state index in [1.807, 2.05) is 12.1 Å². The number of amides is 1. The minimum Gasteiger partial charge on any atom is -0.392 e. The highest BCUT2D eigenvalue weighted by Gasteiger charge is 2.21. The molecule has 0 aromatic heterocycles. The summed E-state index contributed by atoms with van der Waals surface area (Å²) in [5, 5.41) is 18.6. The Morgan fingerprint density at radius 3 is 2.40 bits per heavy atom. The van der Waals surface area contributed by atoms with Crippen LogP contribution in [0.5, 0.6) is 0 Å². The molecule has 0 atom stereocenters. The SMILES string of the molecule is O=CCCN1CCc2cc(CO)c(CO)cc2CC1=O. The van der Waals surface area contributed by atoms with Crippen molar-refractivity contribution in [3.05, 3.63) is 34.4 Å². The predicted octanol–water partition coefficient (Wildman–Crippen LogP) is 0.187. The largest absolute Gasteiger partial charge is 0.392 e. The molecule has 1 aliphatic heterocycles. The van der Waals surface area contributed by atoms with E-state index in [0.29, 0.717) is 37.1 Å². The molecular weight excluding hydrogens is 258 g/mol. The van der Waals surface area contributed by atoms with Crippen LogP contribution in [0.15, 0.2) is 12.1 Å². The van der Waals surface area contributed by atoms with Crippen molar-refractivity contribution in [2.24, 2.45) is 0 Å². The topological polar surface area (TPSA) is 77.8 Å². The minimum absolute atomic E-state index is 0.00578. The van der Waals surface area contributed by atoms with Crippen LogP contribution in [-0.4, -0.2) is 40.4 Å².